The van der Waals surface area contributed by atoms with E-state index in [1.807, 2.05) is 6.07 Å². The zero-order valence-corrected chi connectivity index (χ0v) is 14.9. The van der Waals surface area contributed by atoms with Crippen molar-refractivity contribution in [3.05, 3.63) is 29.8 Å². The summed E-state index contributed by atoms with van der Waals surface area (Å²) in [4.78, 5) is 7.00. The molecular formula is C19H32N4. The molecule has 2 rings (SSSR count). The molecule has 0 saturated carbocycles. The second-order valence-electron chi connectivity index (χ2n) is 7.05. The van der Waals surface area contributed by atoms with Gasteiger partial charge >= 0.3 is 0 Å². The third-order valence-electron chi connectivity index (χ3n) is 4.62. The summed E-state index contributed by atoms with van der Waals surface area (Å²) in [6.45, 7) is 11.1. The molecule has 1 saturated heterocycles. The Morgan fingerprint density at radius 2 is 2.09 bits per heavy atom. The Morgan fingerprint density at radius 1 is 1.35 bits per heavy atom. The predicted octanol–water partition coefficient (Wildman–Crippen LogP) is 3.66. The number of aliphatic imine (C=N–C) groups is 1. The first-order valence-electron chi connectivity index (χ1n) is 8.94. The highest BCUT2D eigenvalue weighted by atomic mass is 15.1. The highest BCUT2D eigenvalue weighted by molar-refractivity contribution is 5.92. The Balaban J connectivity index is 1.72. The average Bonchev–Trinajstić information content (AvgIpc) is 2.53. The van der Waals surface area contributed by atoms with Gasteiger partial charge in [0, 0.05) is 12.2 Å². The van der Waals surface area contributed by atoms with Crippen LogP contribution in [-0.4, -0.2) is 37.0 Å². The van der Waals surface area contributed by atoms with Gasteiger partial charge in [-0.05, 0) is 68.4 Å². The standard InChI is InChI=1S/C19H32N4/c1-15(2)17-6-4-7-18(14-17)22-19(20)21-10-5-11-23-12-8-16(3)9-13-23/h4,6-7,14-16H,5,8-13H2,1-3H3,(H3,20,21,22). The number of anilines is 1. The van der Waals surface area contributed by atoms with Crippen molar-refractivity contribution in [2.75, 3.05) is 31.5 Å². The van der Waals surface area contributed by atoms with Crippen LogP contribution in [0.25, 0.3) is 0 Å². The van der Waals surface area contributed by atoms with Crippen LogP contribution in [0, 0.1) is 5.92 Å². The van der Waals surface area contributed by atoms with E-state index in [0.717, 1.165) is 31.1 Å². The Bertz CT molecular complexity index is 502. The number of nitrogens with zero attached hydrogens (tertiary/aromatic N) is 2. The molecule has 1 aliphatic heterocycles. The van der Waals surface area contributed by atoms with Crippen LogP contribution in [0.1, 0.15) is 51.5 Å². The number of hydrogen-bond donors (Lipinski definition) is 2. The van der Waals surface area contributed by atoms with Gasteiger partial charge in [-0.2, -0.15) is 0 Å². The quantitative estimate of drug-likeness (QED) is 0.478. The summed E-state index contributed by atoms with van der Waals surface area (Å²) < 4.78 is 0. The van der Waals surface area contributed by atoms with Crippen molar-refractivity contribution in [3.63, 3.8) is 0 Å². The molecule has 1 aromatic carbocycles. The molecule has 128 valence electrons. The summed E-state index contributed by atoms with van der Waals surface area (Å²) in [6.07, 6.45) is 3.74. The zero-order chi connectivity index (χ0) is 16.7. The van der Waals surface area contributed by atoms with Crippen LogP contribution in [-0.2, 0) is 0 Å². The molecule has 23 heavy (non-hydrogen) atoms. The Morgan fingerprint density at radius 3 is 2.78 bits per heavy atom. The second kappa shape index (κ2) is 8.92. The molecule has 0 atom stereocenters. The number of nitrogens with one attached hydrogen (secondary N) is 1. The van der Waals surface area contributed by atoms with E-state index in [-0.39, 0.29) is 0 Å². The lowest BCUT2D eigenvalue weighted by Crippen LogP contribution is -2.34. The number of nitrogens with two attached hydrogens (primary N) is 1. The Labute approximate surface area is 141 Å². The topological polar surface area (TPSA) is 53.6 Å². The average molecular weight is 316 g/mol. The molecule has 0 bridgehead atoms. The van der Waals surface area contributed by atoms with Crippen molar-refractivity contribution in [3.8, 4) is 0 Å². The number of benzene rings is 1. The van der Waals surface area contributed by atoms with Gasteiger partial charge in [-0.15, -0.1) is 0 Å². The molecule has 4 nitrogen and oxygen atoms in total. The van der Waals surface area contributed by atoms with Gasteiger partial charge in [0.1, 0.15) is 0 Å². The van der Waals surface area contributed by atoms with Gasteiger partial charge in [-0.3, -0.25) is 4.99 Å². The number of likely N-dealkylation sites (tertiary alicyclic amines) is 1. The van der Waals surface area contributed by atoms with E-state index in [0.29, 0.717) is 11.9 Å². The maximum absolute atomic E-state index is 5.99. The first-order valence-corrected chi connectivity index (χ1v) is 8.94. The van der Waals surface area contributed by atoms with Crippen LogP contribution in [0.3, 0.4) is 0 Å². The maximum Gasteiger partial charge on any atom is 0.193 e. The smallest absolute Gasteiger partial charge is 0.193 e. The lowest BCUT2D eigenvalue weighted by Gasteiger charge is -2.29. The van der Waals surface area contributed by atoms with Gasteiger partial charge in [0.25, 0.3) is 0 Å². The van der Waals surface area contributed by atoms with Crippen LogP contribution in [0.4, 0.5) is 5.69 Å². The minimum Gasteiger partial charge on any atom is -0.370 e. The second-order valence-corrected chi connectivity index (χ2v) is 7.05. The van der Waals surface area contributed by atoms with Crippen LogP contribution < -0.4 is 11.1 Å². The molecule has 0 radical (unpaired) electrons. The molecule has 0 amide bonds. The van der Waals surface area contributed by atoms with E-state index in [4.69, 9.17) is 5.73 Å². The van der Waals surface area contributed by atoms with E-state index in [9.17, 15) is 0 Å². The van der Waals surface area contributed by atoms with Crippen molar-refractivity contribution >= 4 is 11.6 Å². The van der Waals surface area contributed by atoms with Crippen molar-refractivity contribution < 1.29 is 0 Å². The van der Waals surface area contributed by atoms with Crippen molar-refractivity contribution in [1.29, 1.82) is 0 Å². The van der Waals surface area contributed by atoms with Gasteiger partial charge in [-0.1, -0.05) is 32.9 Å². The number of guanidine groups is 1. The van der Waals surface area contributed by atoms with E-state index >= 15 is 0 Å². The lowest BCUT2D eigenvalue weighted by molar-refractivity contribution is 0.192. The fourth-order valence-corrected chi connectivity index (χ4v) is 2.94. The van der Waals surface area contributed by atoms with E-state index in [1.54, 1.807) is 0 Å². The van der Waals surface area contributed by atoms with Gasteiger partial charge in [0.2, 0.25) is 0 Å². The van der Waals surface area contributed by atoms with Gasteiger partial charge in [-0.25, -0.2) is 0 Å². The molecule has 1 heterocycles. The van der Waals surface area contributed by atoms with E-state index < -0.39 is 0 Å². The van der Waals surface area contributed by atoms with Crippen molar-refractivity contribution in [1.82, 2.24) is 4.90 Å². The summed E-state index contributed by atoms with van der Waals surface area (Å²) in [7, 11) is 0. The predicted molar refractivity (Wildman–Crippen MR) is 100 cm³/mol. The number of hydrogen-bond acceptors (Lipinski definition) is 2. The first-order chi connectivity index (χ1) is 11.0. The number of piperidine rings is 1. The molecule has 1 aromatic rings. The van der Waals surface area contributed by atoms with Crippen LogP contribution in [0.15, 0.2) is 29.3 Å². The number of rotatable bonds is 6. The normalized spacial score (nSPS) is 17.7. The van der Waals surface area contributed by atoms with Gasteiger partial charge < -0.3 is 16.0 Å². The van der Waals surface area contributed by atoms with Crippen molar-refractivity contribution in [2.24, 2.45) is 16.6 Å². The molecule has 0 spiro atoms. The van der Waals surface area contributed by atoms with Crippen molar-refractivity contribution in [2.45, 2.75) is 46.0 Å². The van der Waals surface area contributed by atoms with Crippen LogP contribution in [0.5, 0.6) is 0 Å². The fourth-order valence-electron chi connectivity index (χ4n) is 2.94. The highest BCUT2D eigenvalue weighted by Crippen LogP contribution is 2.18. The molecule has 0 unspecified atom stereocenters. The van der Waals surface area contributed by atoms with Crippen LogP contribution in [0.2, 0.25) is 0 Å². The maximum atomic E-state index is 5.99. The summed E-state index contributed by atoms with van der Waals surface area (Å²) in [5.74, 6) is 1.92. The Kier molecular flexibility index (Phi) is 6.90. The minimum atomic E-state index is 0.512. The molecule has 4 heteroatoms. The third kappa shape index (κ3) is 6.22. The SMILES string of the molecule is CC1CCN(CCCN=C(N)Nc2cccc(C(C)C)c2)CC1. The largest absolute Gasteiger partial charge is 0.370 e. The first kappa shape index (κ1) is 17.8. The lowest BCUT2D eigenvalue weighted by atomic mass is 9.99. The molecule has 0 aromatic heterocycles. The molecule has 1 aliphatic rings. The van der Waals surface area contributed by atoms with Gasteiger partial charge in [0.15, 0.2) is 5.96 Å². The van der Waals surface area contributed by atoms with Gasteiger partial charge in [0.05, 0.1) is 0 Å². The minimum absolute atomic E-state index is 0.512. The zero-order valence-electron chi connectivity index (χ0n) is 14.9. The Hall–Kier alpha value is -1.55. The summed E-state index contributed by atoms with van der Waals surface area (Å²) in [5, 5.41) is 3.20. The highest BCUT2D eigenvalue weighted by Gasteiger charge is 2.14. The van der Waals surface area contributed by atoms with E-state index in [2.05, 4.69) is 54.2 Å². The van der Waals surface area contributed by atoms with Crippen LogP contribution >= 0.6 is 0 Å². The molecular weight excluding hydrogens is 284 g/mol. The van der Waals surface area contributed by atoms with E-state index in [1.165, 1.54) is 31.5 Å². The monoisotopic (exact) mass is 316 g/mol. The fraction of sp³-hybridized carbons (Fsp3) is 0.632. The molecule has 1 fully saturated rings. The summed E-state index contributed by atoms with van der Waals surface area (Å²) in [6, 6.07) is 8.37. The third-order valence-corrected chi connectivity index (χ3v) is 4.62. The summed E-state index contributed by atoms with van der Waals surface area (Å²) >= 11 is 0. The molecule has 0 aliphatic carbocycles. The summed E-state index contributed by atoms with van der Waals surface area (Å²) in [5.41, 5.74) is 8.32. The molecule has 3 N–H and O–H groups in total.